The molecular weight excluding hydrogens is 355 g/mol. The Morgan fingerprint density at radius 3 is 2.74 bits per heavy atom. The van der Waals surface area contributed by atoms with Crippen molar-refractivity contribution in [1.82, 2.24) is 19.7 Å². The summed E-state index contributed by atoms with van der Waals surface area (Å²) in [6.07, 6.45) is 2.33. The number of carboxylic acid groups (broad SMARTS) is 1. The minimum absolute atomic E-state index is 0.0310. The zero-order valence-electron chi connectivity index (χ0n) is 14.8. The van der Waals surface area contributed by atoms with Crippen molar-refractivity contribution in [2.75, 3.05) is 24.8 Å². The number of aryl methyl sites for hydroxylation is 1. The van der Waals surface area contributed by atoms with Gasteiger partial charge in [-0.25, -0.2) is 18.9 Å². The van der Waals surface area contributed by atoms with Crippen molar-refractivity contribution >= 4 is 23.4 Å². The first-order valence-corrected chi connectivity index (χ1v) is 7.88. The number of ether oxygens (including phenoxy) is 1. The number of nitrogens with one attached hydrogen (secondary N) is 2. The Hall–Kier alpha value is -3.69. The number of benzene rings is 1. The maximum absolute atomic E-state index is 15.2. The Bertz CT molecular complexity index is 1000. The second-order valence-corrected chi connectivity index (χ2v) is 5.55. The first-order chi connectivity index (χ1) is 12.9. The fourth-order valence-corrected chi connectivity index (χ4v) is 2.45. The molecule has 0 fully saturated rings. The highest BCUT2D eigenvalue weighted by Crippen LogP contribution is 2.32. The van der Waals surface area contributed by atoms with Crippen LogP contribution in [0.25, 0.3) is 5.69 Å². The molecule has 0 spiro atoms. The van der Waals surface area contributed by atoms with Crippen LogP contribution in [-0.4, -0.2) is 45.0 Å². The molecule has 2 aromatic heterocycles. The molecule has 9 nitrogen and oxygen atoms in total. The Labute approximate surface area is 153 Å². The van der Waals surface area contributed by atoms with E-state index in [0.29, 0.717) is 11.5 Å². The monoisotopic (exact) mass is 372 g/mol. The standard InChI is InChI=1S/C17H17FN6O3/c1-9-6-13(19-2)23-17(21-9)22-11-4-5-12(27-3)15(14(11)18)24-8-10(7-20-24)16(25)26/h4-8H,1-3H3,(H,25,26)(H2,19,21,22,23). The molecular formula is C17H17FN6O3. The molecule has 0 unspecified atom stereocenters. The molecule has 140 valence electrons. The van der Waals surface area contributed by atoms with Gasteiger partial charge in [0.25, 0.3) is 0 Å². The Morgan fingerprint density at radius 2 is 2.11 bits per heavy atom. The molecule has 3 N–H and O–H groups in total. The van der Waals surface area contributed by atoms with Crippen LogP contribution in [0.2, 0.25) is 0 Å². The minimum Gasteiger partial charge on any atom is -0.494 e. The lowest BCUT2D eigenvalue weighted by Crippen LogP contribution is -2.07. The van der Waals surface area contributed by atoms with Gasteiger partial charge in [0, 0.05) is 25.0 Å². The lowest BCUT2D eigenvalue weighted by atomic mass is 10.2. The Kier molecular flexibility index (Phi) is 4.88. The number of halogens is 1. The van der Waals surface area contributed by atoms with E-state index >= 15 is 4.39 Å². The second kappa shape index (κ2) is 7.28. The summed E-state index contributed by atoms with van der Waals surface area (Å²) in [4.78, 5) is 19.5. The highest BCUT2D eigenvalue weighted by Gasteiger charge is 2.19. The molecule has 1 aromatic carbocycles. The van der Waals surface area contributed by atoms with Crippen LogP contribution >= 0.6 is 0 Å². The van der Waals surface area contributed by atoms with Gasteiger partial charge in [0.05, 0.1) is 24.6 Å². The molecule has 3 rings (SSSR count). The number of rotatable bonds is 6. The summed E-state index contributed by atoms with van der Waals surface area (Å²) in [5.74, 6) is -0.870. The SMILES string of the molecule is CNc1cc(C)nc(Nc2ccc(OC)c(-n3cc(C(=O)O)cn3)c2F)n1. The normalized spacial score (nSPS) is 10.5. The van der Waals surface area contributed by atoms with E-state index in [0.717, 1.165) is 10.9 Å². The van der Waals surface area contributed by atoms with Gasteiger partial charge in [-0.3, -0.25) is 0 Å². The molecule has 0 aliphatic heterocycles. The topological polar surface area (TPSA) is 114 Å². The number of carbonyl (C=O) groups is 1. The number of nitrogens with zero attached hydrogens (tertiary/aromatic N) is 4. The van der Waals surface area contributed by atoms with E-state index in [9.17, 15) is 4.79 Å². The van der Waals surface area contributed by atoms with Gasteiger partial charge in [-0.2, -0.15) is 10.1 Å². The number of hydrogen-bond acceptors (Lipinski definition) is 7. The molecule has 0 bridgehead atoms. The van der Waals surface area contributed by atoms with Crippen LogP contribution in [0.1, 0.15) is 16.1 Å². The Morgan fingerprint density at radius 1 is 1.33 bits per heavy atom. The summed E-state index contributed by atoms with van der Waals surface area (Å²) in [5.41, 5.74) is 0.682. The first-order valence-electron chi connectivity index (χ1n) is 7.88. The van der Waals surface area contributed by atoms with Crippen molar-refractivity contribution in [3.63, 3.8) is 0 Å². The summed E-state index contributed by atoms with van der Waals surface area (Å²) in [7, 11) is 3.10. The van der Waals surface area contributed by atoms with Crippen molar-refractivity contribution in [1.29, 1.82) is 0 Å². The van der Waals surface area contributed by atoms with Gasteiger partial charge in [-0.15, -0.1) is 0 Å². The van der Waals surface area contributed by atoms with Crippen molar-refractivity contribution in [2.24, 2.45) is 0 Å². The van der Waals surface area contributed by atoms with E-state index in [1.54, 1.807) is 20.0 Å². The van der Waals surface area contributed by atoms with Crippen LogP contribution in [0.3, 0.4) is 0 Å². The molecule has 0 aliphatic rings. The van der Waals surface area contributed by atoms with Gasteiger partial charge >= 0.3 is 5.97 Å². The number of aromatic nitrogens is 4. The molecule has 0 atom stereocenters. The molecule has 0 saturated heterocycles. The highest BCUT2D eigenvalue weighted by atomic mass is 19.1. The molecule has 0 radical (unpaired) electrons. The van der Waals surface area contributed by atoms with Gasteiger partial charge in [-0.1, -0.05) is 0 Å². The summed E-state index contributed by atoms with van der Waals surface area (Å²) in [6, 6.07) is 4.76. The third-order valence-electron chi connectivity index (χ3n) is 3.71. The van der Waals surface area contributed by atoms with Gasteiger partial charge in [0.1, 0.15) is 17.3 Å². The predicted octanol–water partition coefficient (Wildman–Crippen LogP) is 2.60. The molecule has 27 heavy (non-hydrogen) atoms. The zero-order chi connectivity index (χ0) is 19.6. The number of hydrogen-bond donors (Lipinski definition) is 3. The van der Waals surface area contributed by atoms with Gasteiger partial charge < -0.3 is 20.5 Å². The van der Waals surface area contributed by atoms with Crippen molar-refractivity contribution in [3.8, 4) is 11.4 Å². The maximum atomic E-state index is 15.2. The van der Waals surface area contributed by atoms with Gasteiger partial charge in [0.15, 0.2) is 5.82 Å². The number of methoxy groups -OCH3 is 1. The molecule has 3 aromatic rings. The quantitative estimate of drug-likeness (QED) is 0.605. The fourth-order valence-electron chi connectivity index (χ4n) is 2.45. The van der Waals surface area contributed by atoms with Crippen molar-refractivity contribution in [2.45, 2.75) is 6.92 Å². The van der Waals surface area contributed by atoms with E-state index in [4.69, 9.17) is 9.84 Å². The first kappa shape index (κ1) is 18.1. The molecule has 2 heterocycles. The van der Waals surface area contributed by atoms with Gasteiger partial charge in [0.2, 0.25) is 5.95 Å². The van der Waals surface area contributed by atoms with Crippen molar-refractivity contribution in [3.05, 3.63) is 47.7 Å². The average molecular weight is 372 g/mol. The number of carboxylic acids is 1. The van der Waals surface area contributed by atoms with E-state index in [-0.39, 0.29) is 28.6 Å². The van der Waals surface area contributed by atoms with E-state index < -0.39 is 11.8 Å². The van der Waals surface area contributed by atoms with E-state index in [1.165, 1.54) is 25.4 Å². The third kappa shape index (κ3) is 3.64. The summed E-state index contributed by atoms with van der Waals surface area (Å²) in [6.45, 7) is 1.79. The highest BCUT2D eigenvalue weighted by molar-refractivity contribution is 5.87. The van der Waals surface area contributed by atoms with Crippen molar-refractivity contribution < 1.29 is 19.0 Å². The van der Waals surface area contributed by atoms with Gasteiger partial charge in [-0.05, 0) is 19.1 Å². The largest absolute Gasteiger partial charge is 0.494 e. The Balaban J connectivity index is 2.05. The summed E-state index contributed by atoms with van der Waals surface area (Å²) < 4.78 is 21.5. The van der Waals surface area contributed by atoms with E-state index in [2.05, 4.69) is 25.7 Å². The summed E-state index contributed by atoms with van der Waals surface area (Å²) in [5, 5.41) is 18.7. The lowest BCUT2D eigenvalue weighted by Gasteiger charge is -2.14. The van der Waals surface area contributed by atoms with Crippen LogP contribution < -0.4 is 15.4 Å². The number of aromatic carboxylic acids is 1. The maximum Gasteiger partial charge on any atom is 0.338 e. The molecule has 10 heteroatoms. The lowest BCUT2D eigenvalue weighted by molar-refractivity contribution is 0.0697. The average Bonchev–Trinajstić information content (AvgIpc) is 3.12. The number of anilines is 3. The van der Waals surface area contributed by atoms with Crippen LogP contribution in [0.15, 0.2) is 30.6 Å². The summed E-state index contributed by atoms with van der Waals surface area (Å²) >= 11 is 0. The smallest absolute Gasteiger partial charge is 0.338 e. The molecule has 0 saturated carbocycles. The van der Waals surface area contributed by atoms with Crippen LogP contribution in [0.5, 0.6) is 5.75 Å². The second-order valence-electron chi connectivity index (χ2n) is 5.55. The third-order valence-corrected chi connectivity index (χ3v) is 3.71. The van der Waals surface area contributed by atoms with Crippen LogP contribution in [-0.2, 0) is 0 Å². The molecule has 0 aliphatic carbocycles. The van der Waals surface area contributed by atoms with Crippen LogP contribution in [0, 0.1) is 12.7 Å². The fraction of sp³-hybridized carbons (Fsp3) is 0.176. The van der Waals surface area contributed by atoms with E-state index in [1.807, 2.05) is 0 Å². The molecule has 0 amide bonds. The zero-order valence-corrected chi connectivity index (χ0v) is 14.8. The predicted molar refractivity (Wildman–Crippen MR) is 96.6 cm³/mol. The minimum atomic E-state index is -1.16. The van der Waals surface area contributed by atoms with Crippen LogP contribution in [0.4, 0.5) is 21.8 Å².